The molecule has 7 N–H and O–H groups in total. The van der Waals surface area contributed by atoms with Gasteiger partial charge in [0.2, 0.25) is 5.91 Å². The first-order valence-corrected chi connectivity index (χ1v) is 14.8. The minimum Gasteiger partial charge on any atom is -0.493 e. The Morgan fingerprint density at radius 2 is 1.51 bits per heavy atom. The lowest BCUT2D eigenvalue weighted by Crippen LogP contribution is -3.11. The van der Waals surface area contributed by atoms with Crippen molar-refractivity contribution in [2.45, 2.75) is 50.0 Å². The Bertz CT molecular complexity index is 1220. The molecule has 0 aromatic heterocycles. The number of aliphatic hydroxyl groups is 3. The molecule has 2 aromatic carbocycles. The molecular formula is C31H43N2O12+. The number of carbonyl (C=O) groups is 3. The highest BCUT2D eigenvalue weighted by molar-refractivity contribution is 5.83. The highest BCUT2D eigenvalue weighted by atomic mass is 16.6. The van der Waals surface area contributed by atoms with E-state index < -0.39 is 36.3 Å². The monoisotopic (exact) mass is 635 g/mol. The fourth-order valence-corrected chi connectivity index (χ4v) is 4.89. The van der Waals surface area contributed by atoms with Gasteiger partial charge < -0.3 is 54.7 Å². The van der Waals surface area contributed by atoms with Crippen molar-refractivity contribution < 1.29 is 63.8 Å². The Hall–Kier alpha value is -3.95. The number of nitrogens with one attached hydrogen (secondary N) is 2. The van der Waals surface area contributed by atoms with Crippen molar-refractivity contribution >= 4 is 17.8 Å². The summed E-state index contributed by atoms with van der Waals surface area (Å²) in [6.07, 6.45) is -1.96. The Kier molecular flexibility index (Phi) is 14.3. The summed E-state index contributed by atoms with van der Waals surface area (Å²) in [6, 6.07) is 12.9. The SMILES string of the molecule is COCCc1ccc(OCCC(=O)N[C@H](C[NH+]2CCCC2)[C@H](O)c2ccc3c(c2)OCCO3)cc1.O=C(O)[C@H](O)[C@@H](O)C(=O)O. The third kappa shape index (κ3) is 11.5. The quantitative estimate of drug-likeness (QED) is 0.128. The molecule has 1 saturated heterocycles. The number of rotatable bonds is 15. The van der Waals surface area contributed by atoms with E-state index in [9.17, 15) is 19.5 Å². The number of aliphatic hydroxyl groups excluding tert-OH is 3. The molecule has 2 aliphatic heterocycles. The van der Waals surface area contributed by atoms with Crippen LogP contribution in [0.15, 0.2) is 42.5 Å². The van der Waals surface area contributed by atoms with Gasteiger partial charge in [0, 0.05) is 20.0 Å². The third-order valence-electron chi connectivity index (χ3n) is 7.38. The molecule has 14 heteroatoms. The zero-order chi connectivity index (χ0) is 32.8. The molecule has 2 aromatic rings. The standard InChI is InChI=1S/C27H36N2O6.C4H6O6/c1-32-14-10-20-4-7-22(8-5-20)33-15-11-26(30)28-23(19-29-12-2-3-13-29)27(31)21-6-9-24-25(18-21)35-17-16-34-24;5-1(3(7)8)2(6)4(9)10/h4-9,18,23,27,31H,2-3,10-17,19H2,1H3,(H,28,30);1-2,5-6H,(H,7,8)(H,9,10)/p+1/t23-,27-;1-,2-/m11/s1. The number of methoxy groups -OCH3 is 1. The van der Waals surface area contributed by atoms with E-state index in [2.05, 4.69) is 5.32 Å². The smallest absolute Gasteiger partial charge is 0.335 e. The van der Waals surface area contributed by atoms with Gasteiger partial charge in [0.1, 0.15) is 37.7 Å². The molecule has 0 aliphatic carbocycles. The van der Waals surface area contributed by atoms with E-state index in [-0.39, 0.29) is 18.9 Å². The maximum atomic E-state index is 12.8. The van der Waals surface area contributed by atoms with E-state index in [1.807, 2.05) is 42.5 Å². The summed E-state index contributed by atoms with van der Waals surface area (Å²) in [5.41, 5.74) is 1.89. The second-order valence-corrected chi connectivity index (χ2v) is 10.7. The predicted octanol–water partition coefficient (Wildman–Crippen LogP) is -0.810. The van der Waals surface area contributed by atoms with E-state index >= 15 is 0 Å². The molecule has 0 radical (unpaired) electrons. The van der Waals surface area contributed by atoms with Crippen molar-refractivity contribution in [2.75, 3.05) is 53.2 Å². The summed E-state index contributed by atoms with van der Waals surface area (Å²) in [4.78, 5) is 33.7. The van der Waals surface area contributed by atoms with Crippen LogP contribution < -0.4 is 24.4 Å². The van der Waals surface area contributed by atoms with E-state index in [4.69, 9.17) is 39.4 Å². The van der Waals surface area contributed by atoms with E-state index in [0.29, 0.717) is 43.4 Å². The van der Waals surface area contributed by atoms with Crippen LogP contribution in [0.2, 0.25) is 0 Å². The molecule has 0 bridgehead atoms. The Morgan fingerprint density at radius 1 is 0.889 bits per heavy atom. The summed E-state index contributed by atoms with van der Waals surface area (Å²) in [6.45, 7) is 4.75. The van der Waals surface area contributed by atoms with Gasteiger partial charge in [-0.15, -0.1) is 0 Å². The van der Waals surface area contributed by atoms with Gasteiger partial charge in [0.05, 0.1) is 32.7 Å². The minimum atomic E-state index is -2.27. The minimum absolute atomic E-state index is 0.137. The molecule has 1 amide bonds. The number of carboxylic acid groups (broad SMARTS) is 2. The molecule has 0 unspecified atom stereocenters. The molecule has 1 fully saturated rings. The van der Waals surface area contributed by atoms with Crippen molar-refractivity contribution in [3.8, 4) is 17.2 Å². The van der Waals surface area contributed by atoms with Gasteiger partial charge in [-0.05, 0) is 41.8 Å². The molecule has 45 heavy (non-hydrogen) atoms. The lowest BCUT2D eigenvalue weighted by atomic mass is 10.0. The number of ether oxygens (including phenoxy) is 4. The number of hydrogen-bond acceptors (Lipinski definition) is 10. The topological polar surface area (TPSA) is 206 Å². The highest BCUT2D eigenvalue weighted by Crippen LogP contribution is 2.33. The van der Waals surface area contributed by atoms with Crippen molar-refractivity contribution in [2.24, 2.45) is 0 Å². The second-order valence-electron chi connectivity index (χ2n) is 10.7. The van der Waals surface area contributed by atoms with Gasteiger partial charge >= 0.3 is 11.9 Å². The predicted molar refractivity (Wildman–Crippen MR) is 159 cm³/mol. The Labute approximate surface area is 261 Å². The molecule has 2 aliphatic rings. The first-order valence-electron chi connectivity index (χ1n) is 14.8. The molecule has 4 atom stereocenters. The van der Waals surface area contributed by atoms with Gasteiger partial charge in [-0.2, -0.15) is 0 Å². The zero-order valence-electron chi connectivity index (χ0n) is 25.2. The molecular weight excluding hydrogens is 592 g/mol. The van der Waals surface area contributed by atoms with Gasteiger partial charge in [-0.1, -0.05) is 18.2 Å². The van der Waals surface area contributed by atoms with Crippen molar-refractivity contribution in [3.05, 3.63) is 53.6 Å². The van der Waals surface area contributed by atoms with Crippen LogP contribution in [0, 0.1) is 0 Å². The van der Waals surface area contributed by atoms with E-state index in [1.54, 1.807) is 7.11 Å². The number of carbonyl (C=O) groups excluding carboxylic acids is 1. The van der Waals surface area contributed by atoms with Crippen LogP contribution in [0.1, 0.15) is 36.5 Å². The highest BCUT2D eigenvalue weighted by Gasteiger charge is 2.30. The third-order valence-corrected chi connectivity index (χ3v) is 7.38. The lowest BCUT2D eigenvalue weighted by molar-refractivity contribution is -0.889. The van der Waals surface area contributed by atoms with Crippen LogP contribution in [0.5, 0.6) is 17.2 Å². The second kappa shape index (κ2) is 18.1. The van der Waals surface area contributed by atoms with Crippen LogP contribution >= 0.6 is 0 Å². The van der Waals surface area contributed by atoms with Crippen molar-refractivity contribution in [1.29, 1.82) is 0 Å². The summed E-state index contributed by atoms with van der Waals surface area (Å²) in [5.74, 6) is -1.63. The molecule has 0 saturated carbocycles. The van der Waals surface area contributed by atoms with Gasteiger partial charge in [-0.3, -0.25) is 4.79 Å². The summed E-state index contributed by atoms with van der Waals surface area (Å²) < 4.78 is 22.1. The number of benzene rings is 2. The number of fused-ring (bicyclic) bond motifs is 1. The van der Waals surface area contributed by atoms with Crippen LogP contribution in [0.25, 0.3) is 0 Å². The maximum absolute atomic E-state index is 12.8. The Balaban J connectivity index is 0.000000477. The van der Waals surface area contributed by atoms with Gasteiger partial charge in [0.25, 0.3) is 0 Å². The van der Waals surface area contributed by atoms with Gasteiger partial charge in [-0.25, -0.2) is 9.59 Å². The van der Waals surface area contributed by atoms with Crippen molar-refractivity contribution in [3.63, 3.8) is 0 Å². The average molecular weight is 636 g/mol. The number of carboxylic acids is 2. The van der Waals surface area contributed by atoms with Crippen molar-refractivity contribution in [1.82, 2.24) is 5.32 Å². The molecule has 0 spiro atoms. The number of amides is 1. The molecule has 14 nitrogen and oxygen atoms in total. The van der Waals surface area contributed by atoms with Crippen LogP contribution in [-0.2, 0) is 25.5 Å². The fourth-order valence-electron chi connectivity index (χ4n) is 4.89. The number of quaternary nitrogens is 1. The lowest BCUT2D eigenvalue weighted by Gasteiger charge is -2.27. The normalized spacial score (nSPS) is 16.8. The maximum Gasteiger partial charge on any atom is 0.335 e. The Morgan fingerprint density at radius 3 is 2.11 bits per heavy atom. The first kappa shape index (κ1) is 35.5. The molecule has 4 rings (SSSR count). The first-order chi connectivity index (χ1) is 21.6. The number of hydrogen-bond donors (Lipinski definition) is 7. The van der Waals surface area contributed by atoms with Crippen LogP contribution in [-0.4, -0.2) is 115 Å². The van der Waals surface area contributed by atoms with Crippen LogP contribution in [0.3, 0.4) is 0 Å². The summed E-state index contributed by atoms with van der Waals surface area (Å²) >= 11 is 0. The van der Waals surface area contributed by atoms with Crippen LogP contribution in [0.4, 0.5) is 0 Å². The summed E-state index contributed by atoms with van der Waals surface area (Å²) in [7, 11) is 1.69. The number of likely N-dealkylation sites (tertiary alicyclic amines) is 1. The summed E-state index contributed by atoms with van der Waals surface area (Å²) in [5, 5.41) is 46.8. The molecule has 248 valence electrons. The number of aliphatic carboxylic acids is 2. The van der Waals surface area contributed by atoms with E-state index in [0.717, 1.165) is 25.3 Å². The largest absolute Gasteiger partial charge is 0.493 e. The zero-order valence-corrected chi connectivity index (χ0v) is 25.2. The van der Waals surface area contributed by atoms with E-state index in [1.165, 1.54) is 23.3 Å². The molecule has 2 heterocycles. The average Bonchev–Trinajstić information content (AvgIpc) is 3.56. The van der Waals surface area contributed by atoms with Gasteiger partial charge in [0.15, 0.2) is 23.7 Å². The fraction of sp³-hybridized carbons (Fsp3) is 0.516.